The Hall–Kier alpha value is -4.12. The van der Waals surface area contributed by atoms with Gasteiger partial charge >= 0.3 is 0 Å². The highest BCUT2D eigenvalue weighted by Gasteiger charge is 2.33. The van der Waals surface area contributed by atoms with Gasteiger partial charge in [0.15, 0.2) is 0 Å². The maximum atomic E-state index is 13.4. The van der Waals surface area contributed by atoms with Crippen molar-refractivity contribution in [2.45, 2.75) is 38.9 Å². The summed E-state index contributed by atoms with van der Waals surface area (Å²) >= 11 is 0. The quantitative estimate of drug-likeness (QED) is 0.400. The Labute approximate surface area is 221 Å². The van der Waals surface area contributed by atoms with Crippen LogP contribution in [0.2, 0.25) is 0 Å². The van der Waals surface area contributed by atoms with Crippen molar-refractivity contribution in [3.05, 3.63) is 66.1 Å². The van der Waals surface area contributed by atoms with Crippen LogP contribution in [0.3, 0.4) is 0 Å². The van der Waals surface area contributed by atoms with Crippen LogP contribution < -0.4 is 4.90 Å². The van der Waals surface area contributed by atoms with Gasteiger partial charge < -0.3 is 9.80 Å². The van der Waals surface area contributed by atoms with Crippen molar-refractivity contribution >= 4 is 11.7 Å². The van der Waals surface area contributed by atoms with Gasteiger partial charge in [-0.2, -0.15) is 9.90 Å². The van der Waals surface area contributed by atoms with E-state index >= 15 is 0 Å². The Morgan fingerprint density at radius 2 is 1.82 bits per heavy atom. The zero-order valence-corrected chi connectivity index (χ0v) is 22.0. The molecule has 1 saturated heterocycles. The van der Waals surface area contributed by atoms with E-state index in [9.17, 15) is 4.79 Å². The van der Waals surface area contributed by atoms with Crippen LogP contribution >= 0.6 is 0 Å². The number of tetrazole rings is 1. The van der Waals surface area contributed by atoms with Crippen molar-refractivity contribution in [2.75, 3.05) is 31.1 Å². The first kappa shape index (κ1) is 24.2. The maximum Gasteiger partial charge on any atom is 0.237 e. The number of carbonyl (C=O) groups is 1. The van der Waals surface area contributed by atoms with Crippen molar-refractivity contribution < 1.29 is 4.79 Å². The molecule has 11 nitrogen and oxygen atoms in total. The zero-order valence-electron chi connectivity index (χ0n) is 22.0. The normalized spacial score (nSPS) is 20.0. The standard InChI is InChI=1S/C27H32N10O/c1-19-14-35(25-10-9-21(13-28-25)27-29-32-33(3)31-27)15-20(2)36(19)18-26(38)34-12-11-24-22(16-34)17-37(30-24)23-7-5-4-6-8-23/h4-10,13,17,19-20H,11-12,14-16,18H2,1-3H3/t19-,20+. The van der Waals surface area contributed by atoms with Gasteiger partial charge in [0.1, 0.15) is 5.82 Å². The third-order valence-corrected chi connectivity index (χ3v) is 7.49. The van der Waals surface area contributed by atoms with Gasteiger partial charge in [-0.15, -0.1) is 10.2 Å². The zero-order chi connectivity index (χ0) is 26.2. The molecule has 0 radical (unpaired) electrons. The van der Waals surface area contributed by atoms with E-state index in [-0.39, 0.29) is 18.0 Å². The number of carbonyl (C=O) groups excluding carboxylic acids is 1. The largest absolute Gasteiger partial charge is 0.354 e. The fourth-order valence-electron chi connectivity index (χ4n) is 5.46. The molecule has 38 heavy (non-hydrogen) atoms. The molecule has 0 bridgehead atoms. The second kappa shape index (κ2) is 9.97. The summed E-state index contributed by atoms with van der Waals surface area (Å²) in [5, 5.41) is 17.0. The first-order valence-corrected chi connectivity index (χ1v) is 13.1. The molecule has 1 aromatic carbocycles. The second-order valence-corrected chi connectivity index (χ2v) is 10.2. The lowest BCUT2D eigenvalue weighted by molar-refractivity contribution is -0.134. The number of aromatic nitrogens is 7. The number of hydrogen-bond acceptors (Lipinski definition) is 8. The molecule has 2 aliphatic rings. The molecule has 11 heteroatoms. The first-order valence-electron chi connectivity index (χ1n) is 13.1. The molecule has 4 aromatic rings. The van der Waals surface area contributed by atoms with E-state index < -0.39 is 0 Å². The van der Waals surface area contributed by atoms with Crippen LogP contribution in [0.25, 0.3) is 17.1 Å². The molecular weight excluding hydrogens is 480 g/mol. The molecule has 196 valence electrons. The molecule has 3 aromatic heterocycles. The minimum atomic E-state index is 0.175. The van der Waals surface area contributed by atoms with E-state index in [0.717, 1.165) is 47.8 Å². The molecule has 1 fully saturated rings. The highest BCUT2D eigenvalue weighted by molar-refractivity contribution is 5.78. The summed E-state index contributed by atoms with van der Waals surface area (Å²) in [4.78, 5) is 26.1. The highest BCUT2D eigenvalue weighted by Crippen LogP contribution is 2.24. The molecule has 2 atom stereocenters. The summed E-state index contributed by atoms with van der Waals surface area (Å²) in [5.41, 5.74) is 4.09. The Kier molecular flexibility index (Phi) is 6.36. The summed E-state index contributed by atoms with van der Waals surface area (Å²) in [5.74, 6) is 1.66. The molecule has 0 aliphatic carbocycles. The third-order valence-electron chi connectivity index (χ3n) is 7.49. The third kappa shape index (κ3) is 4.76. The van der Waals surface area contributed by atoms with E-state index in [1.807, 2.05) is 52.0 Å². The smallest absolute Gasteiger partial charge is 0.237 e. The minimum absolute atomic E-state index is 0.175. The number of rotatable bonds is 5. The number of hydrogen-bond donors (Lipinski definition) is 0. The summed E-state index contributed by atoms with van der Waals surface area (Å²) in [6, 6.07) is 14.5. The fraction of sp³-hybridized carbons (Fsp3) is 0.407. The average molecular weight is 513 g/mol. The fourth-order valence-corrected chi connectivity index (χ4v) is 5.46. The number of fused-ring (bicyclic) bond motifs is 1. The highest BCUT2D eigenvalue weighted by atomic mass is 16.2. The molecule has 0 spiro atoms. The number of pyridine rings is 1. The SMILES string of the molecule is C[C@@H]1CN(c2ccc(-c3nnn(C)n3)cn2)C[C@H](C)N1CC(=O)N1CCc2nn(-c3ccccc3)cc2C1. The van der Waals surface area contributed by atoms with E-state index in [2.05, 4.69) is 50.2 Å². The summed E-state index contributed by atoms with van der Waals surface area (Å²) in [6.07, 6.45) is 4.64. The number of benzene rings is 1. The molecule has 0 unspecified atom stereocenters. The molecule has 0 N–H and O–H groups in total. The lowest BCUT2D eigenvalue weighted by atomic mass is 10.1. The number of aryl methyl sites for hydroxylation is 1. The second-order valence-electron chi connectivity index (χ2n) is 10.2. The van der Waals surface area contributed by atoms with Crippen molar-refractivity contribution in [1.82, 2.24) is 44.8 Å². The number of nitrogens with zero attached hydrogens (tertiary/aromatic N) is 10. The Morgan fingerprint density at radius 1 is 1.03 bits per heavy atom. The molecule has 5 heterocycles. The van der Waals surface area contributed by atoms with Crippen molar-refractivity contribution in [3.63, 3.8) is 0 Å². The van der Waals surface area contributed by atoms with Crippen LogP contribution in [-0.2, 0) is 24.8 Å². The van der Waals surface area contributed by atoms with Gasteiger partial charge in [-0.25, -0.2) is 9.67 Å². The Balaban J connectivity index is 1.08. The van der Waals surface area contributed by atoms with Gasteiger partial charge in [0, 0.05) is 68.2 Å². The lowest BCUT2D eigenvalue weighted by Crippen LogP contribution is -2.59. The van der Waals surface area contributed by atoms with Crippen molar-refractivity contribution in [3.8, 4) is 17.1 Å². The van der Waals surface area contributed by atoms with Crippen molar-refractivity contribution in [1.29, 1.82) is 0 Å². The van der Waals surface area contributed by atoms with Gasteiger partial charge in [0.25, 0.3) is 0 Å². The van der Waals surface area contributed by atoms with E-state index in [0.29, 0.717) is 25.5 Å². The van der Waals surface area contributed by atoms with Crippen molar-refractivity contribution in [2.24, 2.45) is 7.05 Å². The number of piperazine rings is 1. The minimum Gasteiger partial charge on any atom is -0.354 e. The van der Waals surface area contributed by atoms with Gasteiger partial charge in [0.05, 0.1) is 25.0 Å². The monoisotopic (exact) mass is 512 g/mol. The predicted octanol–water partition coefficient (Wildman–Crippen LogP) is 1.94. The Bertz CT molecular complexity index is 1400. The molecule has 0 saturated carbocycles. The van der Waals surface area contributed by atoms with Crippen LogP contribution in [0.15, 0.2) is 54.9 Å². The number of para-hydroxylation sites is 1. The van der Waals surface area contributed by atoms with Crippen LogP contribution in [0, 0.1) is 0 Å². The molecule has 6 rings (SSSR count). The first-order chi connectivity index (χ1) is 18.4. The topological polar surface area (TPSA) is 101 Å². The average Bonchev–Trinajstić information content (AvgIpc) is 3.57. The van der Waals surface area contributed by atoms with E-state index in [1.165, 1.54) is 4.80 Å². The summed E-state index contributed by atoms with van der Waals surface area (Å²) < 4.78 is 1.92. The van der Waals surface area contributed by atoms with Crippen LogP contribution in [-0.4, -0.2) is 88.9 Å². The van der Waals surface area contributed by atoms with Crippen LogP contribution in [0.4, 0.5) is 5.82 Å². The van der Waals surface area contributed by atoms with Crippen LogP contribution in [0.5, 0.6) is 0 Å². The molecule has 2 aliphatic heterocycles. The molecule has 1 amide bonds. The van der Waals surface area contributed by atoms with Crippen LogP contribution in [0.1, 0.15) is 25.1 Å². The maximum absolute atomic E-state index is 13.4. The van der Waals surface area contributed by atoms with Gasteiger partial charge in [-0.05, 0) is 43.3 Å². The van der Waals surface area contributed by atoms with Gasteiger partial charge in [-0.3, -0.25) is 9.69 Å². The number of amides is 1. The predicted molar refractivity (Wildman–Crippen MR) is 143 cm³/mol. The van der Waals surface area contributed by atoms with E-state index in [4.69, 9.17) is 5.10 Å². The Morgan fingerprint density at radius 3 is 2.50 bits per heavy atom. The summed E-state index contributed by atoms with van der Waals surface area (Å²) in [7, 11) is 1.74. The number of anilines is 1. The van der Waals surface area contributed by atoms with E-state index in [1.54, 1.807) is 13.2 Å². The molecular formula is C27H32N10O. The van der Waals surface area contributed by atoms with Gasteiger partial charge in [-0.1, -0.05) is 18.2 Å². The lowest BCUT2D eigenvalue weighted by Gasteiger charge is -2.45. The van der Waals surface area contributed by atoms with Gasteiger partial charge in [0.2, 0.25) is 11.7 Å². The summed E-state index contributed by atoms with van der Waals surface area (Å²) in [6.45, 7) is 7.72.